The maximum atomic E-state index is 12.1. The lowest BCUT2D eigenvalue weighted by Crippen LogP contribution is -2.23. The number of hydrogen-bond acceptors (Lipinski definition) is 2. The molecule has 88 valence electrons. The van der Waals surface area contributed by atoms with Crippen LogP contribution in [-0.2, 0) is 6.54 Å². The lowest BCUT2D eigenvalue weighted by Gasteiger charge is -2.08. The Hall–Kier alpha value is -1.58. The third kappa shape index (κ3) is 2.40. The summed E-state index contributed by atoms with van der Waals surface area (Å²) in [6, 6.07) is 9.27. The van der Waals surface area contributed by atoms with Crippen LogP contribution in [0, 0.1) is 6.92 Å². The van der Waals surface area contributed by atoms with Gasteiger partial charge in [-0.25, -0.2) is 0 Å². The summed E-state index contributed by atoms with van der Waals surface area (Å²) in [6.45, 7) is 2.18. The van der Waals surface area contributed by atoms with Gasteiger partial charge in [0.05, 0.1) is 5.02 Å². The monoisotopic (exact) mass is 248 g/mol. The molecule has 3 nitrogen and oxygen atoms in total. The number of nitrogens with zero attached hydrogens (tertiary/aromatic N) is 1. The van der Waals surface area contributed by atoms with Crippen molar-refractivity contribution in [3.05, 3.63) is 63.0 Å². The van der Waals surface area contributed by atoms with Gasteiger partial charge in [0, 0.05) is 24.0 Å². The van der Waals surface area contributed by atoms with Crippen LogP contribution in [-0.4, -0.2) is 4.57 Å². The Morgan fingerprint density at radius 1 is 1.29 bits per heavy atom. The second kappa shape index (κ2) is 4.73. The first-order valence-electron chi connectivity index (χ1n) is 5.30. The maximum Gasteiger partial charge on any atom is 0.259 e. The van der Waals surface area contributed by atoms with Gasteiger partial charge in [-0.1, -0.05) is 29.3 Å². The van der Waals surface area contributed by atoms with Crippen molar-refractivity contribution < 1.29 is 0 Å². The van der Waals surface area contributed by atoms with Gasteiger partial charge in [0.2, 0.25) is 0 Å². The predicted molar refractivity (Wildman–Crippen MR) is 69.7 cm³/mol. The largest absolute Gasteiger partial charge is 0.326 e. The molecule has 1 aromatic carbocycles. The smallest absolute Gasteiger partial charge is 0.259 e. The van der Waals surface area contributed by atoms with E-state index in [1.165, 1.54) is 4.57 Å². The zero-order valence-corrected chi connectivity index (χ0v) is 10.2. The summed E-state index contributed by atoms with van der Waals surface area (Å²) in [5.74, 6) is 0. The molecule has 0 aliphatic carbocycles. The van der Waals surface area contributed by atoms with E-state index in [4.69, 9.17) is 17.3 Å². The van der Waals surface area contributed by atoms with Crippen LogP contribution in [0.25, 0.3) is 5.69 Å². The Morgan fingerprint density at radius 3 is 2.53 bits per heavy atom. The number of nitrogens with two attached hydrogens (primary N) is 1. The van der Waals surface area contributed by atoms with Crippen LogP contribution < -0.4 is 11.3 Å². The molecular formula is C13H13ClN2O. The third-order valence-electron chi connectivity index (χ3n) is 2.59. The van der Waals surface area contributed by atoms with E-state index in [-0.39, 0.29) is 12.1 Å². The summed E-state index contributed by atoms with van der Waals surface area (Å²) < 4.78 is 1.52. The van der Waals surface area contributed by atoms with Crippen LogP contribution in [0.4, 0.5) is 0 Å². The van der Waals surface area contributed by atoms with E-state index in [9.17, 15) is 4.79 Å². The normalized spacial score (nSPS) is 10.5. The highest BCUT2D eigenvalue weighted by molar-refractivity contribution is 6.30. The van der Waals surface area contributed by atoms with Gasteiger partial charge in [-0.3, -0.25) is 9.36 Å². The van der Waals surface area contributed by atoms with E-state index < -0.39 is 0 Å². The number of benzene rings is 1. The van der Waals surface area contributed by atoms with Crippen molar-refractivity contribution in [1.29, 1.82) is 0 Å². The number of halogens is 1. The van der Waals surface area contributed by atoms with Crippen LogP contribution in [0.3, 0.4) is 0 Å². The highest BCUT2D eigenvalue weighted by atomic mass is 35.5. The summed E-state index contributed by atoms with van der Waals surface area (Å²) in [5, 5.41) is 0.505. The van der Waals surface area contributed by atoms with Crippen molar-refractivity contribution in [2.24, 2.45) is 5.73 Å². The summed E-state index contributed by atoms with van der Waals surface area (Å²) in [7, 11) is 0. The summed E-state index contributed by atoms with van der Waals surface area (Å²) in [4.78, 5) is 12.1. The molecule has 0 unspecified atom stereocenters. The van der Waals surface area contributed by atoms with Crippen LogP contribution >= 0.6 is 11.6 Å². The van der Waals surface area contributed by atoms with Crippen LogP contribution in [0.1, 0.15) is 11.1 Å². The van der Waals surface area contributed by atoms with Crippen molar-refractivity contribution in [3.8, 4) is 5.69 Å². The Labute approximate surface area is 104 Å². The fraction of sp³-hybridized carbons (Fsp3) is 0.154. The molecule has 2 N–H and O–H groups in total. The first-order chi connectivity index (χ1) is 8.11. The summed E-state index contributed by atoms with van der Waals surface area (Å²) >= 11 is 5.97. The quantitative estimate of drug-likeness (QED) is 0.886. The molecule has 0 bridgehead atoms. The highest BCUT2D eigenvalue weighted by Crippen LogP contribution is 2.12. The number of pyridine rings is 1. The minimum absolute atomic E-state index is 0.124. The number of rotatable bonds is 2. The Morgan fingerprint density at radius 2 is 1.94 bits per heavy atom. The molecule has 2 rings (SSSR count). The maximum absolute atomic E-state index is 12.1. The minimum Gasteiger partial charge on any atom is -0.326 e. The average Bonchev–Trinajstić information content (AvgIpc) is 2.33. The van der Waals surface area contributed by atoms with E-state index in [0.29, 0.717) is 10.6 Å². The summed E-state index contributed by atoms with van der Waals surface area (Å²) in [5.41, 5.74) is 7.84. The van der Waals surface area contributed by atoms with Gasteiger partial charge < -0.3 is 5.73 Å². The fourth-order valence-electron chi connectivity index (χ4n) is 1.65. The zero-order valence-electron chi connectivity index (χ0n) is 9.48. The molecular weight excluding hydrogens is 236 g/mol. The van der Waals surface area contributed by atoms with E-state index in [0.717, 1.165) is 11.3 Å². The molecule has 0 saturated heterocycles. The molecule has 1 heterocycles. The predicted octanol–water partition coefficient (Wildman–Crippen LogP) is 2.26. The highest BCUT2D eigenvalue weighted by Gasteiger charge is 2.06. The molecule has 0 spiro atoms. The van der Waals surface area contributed by atoms with E-state index >= 15 is 0 Å². The van der Waals surface area contributed by atoms with E-state index in [2.05, 4.69) is 0 Å². The Balaban J connectivity index is 2.63. The molecule has 0 saturated carbocycles. The molecule has 0 atom stereocenters. The topological polar surface area (TPSA) is 48.0 Å². The lowest BCUT2D eigenvalue weighted by atomic mass is 10.2. The molecule has 0 aliphatic heterocycles. The minimum atomic E-state index is -0.124. The van der Waals surface area contributed by atoms with Gasteiger partial charge in [0.15, 0.2) is 0 Å². The Kier molecular flexibility index (Phi) is 3.31. The first-order valence-corrected chi connectivity index (χ1v) is 5.68. The molecule has 0 aliphatic rings. The second-order valence-electron chi connectivity index (χ2n) is 3.90. The third-order valence-corrected chi connectivity index (χ3v) is 2.80. The molecule has 2 aromatic rings. The molecule has 0 fully saturated rings. The fourth-order valence-corrected chi connectivity index (χ4v) is 1.87. The van der Waals surface area contributed by atoms with Gasteiger partial charge in [-0.05, 0) is 25.1 Å². The van der Waals surface area contributed by atoms with E-state index in [1.54, 1.807) is 12.3 Å². The van der Waals surface area contributed by atoms with Gasteiger partial charge >= 0.3 is 0 Å². The van der Waals surface area contributed by atoms with Crippen molar-refractivity contribution >= 4 is 11.6 Å². The van der Waals surface area contributed by atoms with Crippen molar-refractivity contribution in [1.82, 2.24) is 4.57 Å². The number of aromatic nitrogens is 1. The van der Waals surface area contributed by atoms with Gasteiger partial charge in [-0.15, -0.1) is 0 Å². The average molecular weight is 249 g/mol. The van der Waals surface area contributed by atoms with Crippen molar-refractivity contribution in [2.75, 3.05) is 0 Å². The van der Waals surface area contributed by atoms with Crippen LogP contribution in [0.2, 0.25) is 5.02 Å². The van der Waals surface area contributed by atoms with Gasteiger partial charge in [0.25, 0.3) is 5.56 Å². The number of hydrogen-bond donors (Lipinski definition) is 1. The SMILES string of the molecule is Cc1ccc(-n2cc(Cl)cc(CN)c2=O)cc1. The number of aryl methyl sites for hydroxylation is 1. The van der Waals surface area contributed by atoms with Crippen LogP contribution in [0.5, 0.6) is 0 Å². The van der Waals surface area contributed by atoms with Crippen molar-refractivity contribution in [2.45, 2.75) is 13.5 Å². The summed E-state index contributed by atoms with van der Waals surface area (Å²) in [6.07, 6.45) is 1.60. The van der Waals surface area contributed by atoms with Crippen LogP contribution in [0.15, 0.2) is 41.3 Å². The zero-order chi connectivity index (χ0) is 12.4. The lowest BCUT2D eigenvalue weighted by molar-refractivity contribution is 0.925. The molecule has 0 radical (unpaired) electrons. The molecule has 4 heteroatoms. The molecule has 0 amide bonds. The van der Waals surface area contributed by atoms with Gasteiger partial charge in [-0.2, -0.15) is 0 Å². The molecule has 17 heavy (non-hydrogen) atoms. The van der Waals surface area contributed by atoms with Crippen molar-refractivity contribution in [3.63, 3.8) is 0 Å². The standard InChI is InChI=1S/C13H13ClN2O/c1-9-2-4-12(5-3-9)16-8-11(14)6-10(7-15)13(16)17/h2-6,8H,7,15H2,1H3. The molecule has 1 aromatic heterocycles. The second-order valence-corrected chi connectivity index (χ2v) is 4.33. The Bertz CT molecular complexity index is 587. The van der Waals surface area contributed by atoms with E-state index in [1.807, 2.05) is 31.2 Å². The first kappa shape index (κ1) is 11.9. The van der Waals surface area contributed by atoms with Gasteiger partial charge in [0.1, 0.15) is 0 Å².